The molecule has 1 aliphatic rings. The van der Waals surface area contributed by atoms with Gasteiger partial charge in [-0.1, -0.05) is 6.92 Å². The average Bonchev–Trinajstić information content (AvgIpc) is 3.13. The van der Waals surface area contributed by atoms with E-state index in [0.29, 0.717) is 19.3 Å². The minimum atomic E-state index is 0.526. The Labute approximate surface area is 152 Å². The summed E-state index contributed by atoms with van der Waals surface area (Å²) in [6, 6.07) is 4.33. The molecule has 0 saturated carbocycles. The molecular weight excluding hydrogens is 316 g/mol. The maximum atomic E-state index is 5.58. The van der Waals surface area contributed by atoms with Crippen molar-refractivity contribution in [1.29, 1.82) is 0 Å². The van der Waals surface area contributed by atoms with Gasteiger partial charge in [-0.3, -0.25) is 9.89 Å². The highest BCUT2D eigenvalue weighted by molar-refractivity contribution is 5.79. The van der Waals surface area contributed by atoms with Gasteiger partial charge in [-0.05, 0) is 50.8 Å². The zero-order valence-corrected chi connectivity index (χ0v) is 16.0. The monoisotopic (exact) mass is 350 g/mol. The number of rotatable bonds is 9. The molecule has 2 heterocycles. The van der Waals surface area contributed by atoms with Crippen LogP contribution in [0.2, 0.25) is 0 Å². The third-order valence-corrected chi connectivity index (χ3v) is 4.68. The Hall–Kier alpha value is -1.53. The molecule has 2 atom stereocenters. The van der Waals surface area contributed by atoms with Gasteiger partial charge < -0.3 is 19.8 Å². The van der Waals surface area contributed by atoms with Crippen molar-refractivity contribution in [2.45, 2.75) is 45.8 Å². The summed E-state index contributed by atoms with van der Waals surface area (Å²) in [5, 5.41) is 6.78. The summed E-state index contributed by atoms with van der Waals surface area (Å²) in [5.74, 6) is 2.55. The summed E-state index contributed by atoms with van der Waals surface area (Å²) in [4.78, 5) is 6.88. The Morgan fingerprint density at radius 2 is 2.36 bits per heavy atom. The van der Waals surface area contributed by atoms with Crippen LogP contribution < -0.4 is 10.6 Å². The van der Waals surface area contributed by atoms with E-state index in [1.165, 1.54) is 25.9 Å². The second-order valence-corrected chi connectivity index (χ2v) is 6.96. The van der Waals surface area contributed by atoms with Crippen molar-refractivity contribution in [3.63, 3.8) is 0 Å². The van der Waals surface area contributed by atoms with Crippen molar-refractivity contribution in [1.82, 2.24) is 15.5 Å². The topological polar surface area (TPSA) is 62.0 Å². The second-order valence-electron chi connectivity index (χ2n) is 6.96. The lowest BCUT2D eigenvalue weighted by Gasteiger charge is -2.35. The fourth-order valence-corrected chi connectivity index (χ4v) is 3.17. The third-order valence-electron chi connectivity index (χ3n) is 4.68. The molecule has 142 valence electrons. The van der Waals surface area contributed by atoms with E-state index in [2.05, 4.69) is 34.4 Å². The quantitative estimate of drug-likeness (QED) is 0.407. The van der Waals surface area contributed by atoms with Crippen molar-refractivity contribution in [2.24, 2.45) is 10.9 Å². The van der Waals surface area contributed by atoms with E-state index < -0.39 is 0 Å². The highest BCUT2D eigenvalue weighted by Crippen LogP contribution is 2.17. The van der Waals surface area contributed by atoms with Gasteiger partial charge in [0.25, 0.3) is 0 Å². The molecule has 2 unspecified atom stereocenters. The predicted octanol–water partition coefficient (Wildman–Crippen LogP) is 2.47. The molecule has 0 aromatic carbocycles. The molecule has 0 bridgehead atoms. The first kappa shape index (κ1) is 19.8. The summed E-state index contributed by atoms with van der Waals surface area (Å²) in [6.45, 7) is 10.1. The number of furan rings is 1. The van der Waals surface area contributed by atoms with E-state index in [-0.39, 0.29) is 0 Å². The number of aliphatic imine (C=N–C) groups is 1. The molecule has 1 fully saturated rings. The van der Waals surface area contributed by atoms with Gasteiger partial charge in [-0.2, -0.15) is 0 Å². The SMILES string of the molecule is CN=C(NCCCOCc1ccco1)NCC(C)N1CCCC(C)C1. The fraction of sp³-hybridized carbons (Fsp3) is 0.737. The first-order chi connectivity index (χ1) is 12.2. The average molecular weight is 351 g/mol. The van der Waals surface area contributed by atoms with E-state index in [4.69, 9.17) is 9.15 Å². The van der Waals surface area contributed by atoms with Gasteiger partial charge in [-0.15, -0.1) is 0 Å². The molecule has 2 N–H and O–H groups in total. The fourth-order valence-electron chi connectivity index (χ4n) is 3.17. The highest BCUT2D eigenvalue weighted by Gasteiger charge is 2.20. The van der Waals surface area contributed by atoms with Gasteiger partial charge in [0, 0.05) is 39.3 Å². The van der Waals surface area contributed by atoms with Crippen LogP contribution >= 0.6 is 0 Å². The van der Waals surface area contributed by atoms with E-state index in [9.17, 15) is 0 Å². The number of ether oxygens (including phenoxy) is 1. The van der Waals surface area contributed by atoms with E-state index in [0.717, 1.165) is 37.1 Å². The van der Waals surface area contributed by atoms with E-state index in [1.807, 2.05) is 19.2 Å². The van der Waals surface area contributed by atoms with Gasteiger partial charge in [0.15, 0.2) is 5.96 Å². The van der Waals surface area contributed by atoms with Gasteiger partial charge >= 0.3 is 0 Å². The Morgan fingerprint density at radius 3 is 3.08 bits per heavy atom. The molecule has 2 rings (SSSR count). The number of hydrogen-bond acceptors (Lipinski definition) is 4. The molecule has 0 spiro atoms. The molecule has 0 aliphatic carbocycles. The van der Waals surface area contributed by atoms with Crippen LogP contribution in [0.5, 0.6) is 0 Å². The van der Waals surface area contributed by atoms with Crippen molar-refractivity contribution < 1.29 is 9.15 Å². The lowest BCUT2D eigenvalue weighted by molar-refractivity contribution is 0.105. The molecule has 1 aromatic rings. The van der Waals surface area contributed by atoms with Gasteiger partial charge in [0.2, 0.25) is 0 Å². The lowest BCUT2D eigenvalue weighted by Crippen LogP contribution is -2.48. The summed E-state index contributed by atoms with van der Waals surface area (Å²) in [7, 11) is 1.82. The van der Waals surface area contributed by atoms with Crippen LogP contribution in [0.4, 0.5) is 0 Å². The molecular formula is C19H34N4O2. The Kier molecular flexibility index (Phi) is 8.83. The zero-order chi connectivity index (χ0) is 17.9. The molecule has 6 nitrogen and oxygen atoms in total. The van der Waals surface area contributed by atoms with Crippen molar-refractivity contribution in [2.75, 3.05) is 39.8 Å². The van der Waals surface area contributed by atoms with Gasteiger partial charge in [0.05, 0.1) is 6.26 Å². The summed E-state index contributed by atoms with van der Waals surface area (Å²) in [6.07, 6.45) is 5.28. The smallest absolute Gasteiger partial charge is 0.191 e. The van der Waals surface area contributed by atoms with Crippen molar-refractivity contribution in [3.05, 3.63) is 24.2 Å². The lowest BCUT2D eigenvalue weighted by atomic mass is 9.99. The summed E-state index contributed by atoms with van der Waals surface area (Å²) in [5.41, 5.74) is 0. The van der Waals surface area contributed by atoms with E-state index in [1.54, 1.807) is 6.26 Å². The first-order valence-electron chi connectivity index (χ1n) is 9.47. The van der Waals surface area contributed by atoms with Crippen LogP contribution in [0.25, 0.3) is 0 Å². The number of guanidine groups is 1. The summed E-state index contributed by atoms with van der Waals surface area (Å²) < 4.78 is 10.8. The van der Waals surface area contributed by atoms with Crippen molar-refractivity contribution in [3.8, 4) is 0 Å². The zero-order valence-electron chi connectivity index (χ0n) is 16.0. The molecule has 1 aromatic heterocycles. The Balaban J connectivity index is 1.54. The van der Waals surface area contributed by atoms with Crippen LogP contribution in [-0.2, 0) is 11.3 Å². The molecule has 6 heteroatoms. The second kappa shape index (κ2) is 11.2. The van der Waals surface area contributed by atoms with Crippen LogP contribution in [-0.4, -0.2) is 56.7 Å². The number of nitrogens with one attached hydrogen (secondary N) is 2. The normalized spacial score (nSPS) is 20.4. The van der Waals surface area contributed by atoms with Crippen LogP contribution in [0.1, 0.15) is 38.9 Å². The largest absolute Gasteiger partial charge is 0.467 e. The van der Waals surface area contributed by atoms with Gasteiger partial charge in [-0.25, -0.2) is 0 Å². The Bertz CT molecular complexity index is 490. The molecule has 25 heavy (non-hydrogen) atoms. The van der Waals surface area contributed by atoms with Crippen molar-refractivity contribution >= 4 is 5.96 Å². The van der Waals surface area contributed by atoms with Crippen LogP contribution in [0.3, 0.4) is 0 Å². The maximum absolute atomic E-state index is 5.58. The minimum absolute atomic E-state index is 0.526. The standard InChI is InChI=1S/C19H34N4O2/c1-16-7-4-10-23(14-16)17(2)13-22-19(20-3)21-9-6-11-24-15-18-8-5-12-25-18/h5,8,12,16-17H,4,6-7,9-11,13-15H2,1-3H3,(H2,20,21,22). The number of nitrogens with zero attached hydrogens (tertiary/aromatic N) is 2. The number of hydrogen-bond donors (Lipinski definition) is 2. The number of likely N-dealkylation sites (tertiary alicyclic amines) is 1. The van der Waals surface area contributed by atoms with Crippen LogP contribution in [0.15, 0.2) is 27.8 Å². The first-order valence-corrected chi connectivity index (χ1v) is 9.47. The number of piperidine rings is 1. The maximum Gasteiger partial charge on any atom is 0.191 e. The molecule has 1 aliphatic heterocycles. The van der Waals surface area contributed by atoms with Gasteiger partial charge in [0.1, 0.15) is 12.4 Å². The summed E-state index contributed by atoms with van der Waals surface area (Å²) >= 11 is 0. The predicted molar refractivity (Wildman–Crippen MR) is 102 cm³/mol. The van der Waals surface area contributed by atoms with E-state index >= 15 is 0 Å². The minimum Gasteiger partial charge on any atom is -0.467 e. The molecule has 0 amide bonds. The Morgan fingerprint density at radius 1 is 1.48 bits per heavy atom. The molecule has 0 radical (unpaired) electrons. The third kappa shape index (κ3) is 7.48. The highest BCUT2D eigenvalue weighted by atomic mass is 16.5. The molecule has 1 saturated heterocycles. The van der Waals surface area contributed by atoms with Crippen LogP contribution in [0, 0.1) is 5.92 Å².